The molecule has 1 unspecified atom stereocenters. The minimum atomic E-state index is 0.720. The SMILES string of the molecule is CC.CC1CCNCC12CCCC2. The van der Waals surface area contributed by atoms with E-state index in [-0.39, 0.29) is 0 Å². The topological polar surface area (TPSA) is 12.0 Å². The lowest BCUT2D eigenvalue weighted by atomic mass is 9.71. The Kier molecular flexibility index (Phi) is 4.24. The van der Waals surface area contributed by atoms with Crippen LogP contribution < -0.4 is 5.32 Å². The number of rotatable bonds is 0. The summed E-state index contributed by atoms with van der Waals surface area (Å²) in [5, 5.41) is 3.55. The zero-order valence-corrected chi connectivity index (χ0v) is 9.53. The molecule has 0 bridgehead atoms. The van der Waals surface area contributed by atoms with E-state index >= 15 is 0 Å². The third-order valence-corrected chi connectivity index (χ3v) is 3.88. The van der Waals surface area contributed by atoms with E-state index in [1.807, 2.05) is 13.8 Å². The van der Waals surface area contributed by atoms with Gasteiger partial charge in [0, 0.05) is 6.54 Å². The van der Waals surface area contributed by atoms with Gasteiger partial charge in [-0.15, -0.1) is 0 Å². The van der Waals surface area contributed by atoms with E-state index in [9.17, 15) is 0 Å². The first-order valence-corrected chi connectivity index (χ1v) is 6.04. The van der Waals surface area contributed by atoms with Crippen LogP contribution >= 0.6 is 0 Å². The van der Waals surface area contributed by atoms with Gasteiger partial charge in [0.15, 0.2) is 0 Å². The molecule has 0 aromatic carbocycles. The molecule has 1 aliphatic heterocycles. The van der Waals surface area contributed by atoms with Gasteiger partial charge in [-0.2, -0.15) is 0 Å². The van der Waals surface area contributed by atoms with E-state index in [4.69, 9.17) is 0 Å². The van der Waals surface area contributed by atoms with Gasteiger partial charge in [-0.3, -0.25) is 0 Å². The van der Waals surface area contributed by atoms with Gasteiger partial charge in [-0.1, -0.05) is 33.6 Å². The summed E-state index contributed by atoms with van der Waals surface area (Å²) in [4.78, 5) is 0. The largest absolute Gasteiger partial charge is 0.316 e. The molecule has 13 heavy (non-hydrogen) atoms. The Morgan fingerprint density at radius 3 is 2.31 bits per heavy atom. The van der Waals surface area contributed by atoms with Gasteiger partial charge in [-0.25, -0.2) is 0 Å². The molecule has 2 fully saturated rings. The predicted octanol–water partition coefficient (Wildman–Crippen LogP) is 3.20. The lowest BCUT2D eigenvalue weighted by molar-refractivity contribution is 0.133. The molecule has 0 radical (unpaired) electrons. The van der Waals surface area contributed by atoms with Crippen LogP contribution in [0.3, 0.4) is 0 Å². The van der Waals surface area contributed by atoms with E-state index in [0.717, 1.165) is 11.3 Å². The molecule has 1 saturated heterocycles. The first-order valence-electron chi connectivity index (χ1n) is 6.04. The lowest BCUT2D eigenvalue weighted by Crippen LogP contribution is -2.43. The molecule has 1 nitrogen and oxygen atoms in total. The minimum Gasteiger partial charge on any atom is -0.316 e. The highest BCUT2D eigenvalue weighted by Crippen LogP contribution is 2.46. The predicted molar refractivity (Wildman–Crippen MR) is 58.9 cm³/mol. The van der Waals surface area contributed by atoms with Crippen LogP contribution in [-0.4, -0.2) is 13.1 Å². The summed E-state index contributed by atoms with van der Waals surface area (Å²) in [7, 11) is 0. The maximum absolute atomic E-state index is 3.55. The fourth-order valence-electron chi connectivity index (χ4n) is 2.89. The third-order valence-electron chi connectivity index (χ3n) is 3.88. The van der Waals surface area contributed by atoms with Gasteiger partial charge in [0.2, 0.25) is 0 Å². The van der Waals surface area contributed by atoms with Crippen molar-refractivity contribution in [3.8, 4) is 0 Å². The Bertz CT molecular complexity index is 136. The van der Waals surface area contributed by atoms with Gasteiger partial charge >= 0.3 is 0 Å². The Morgan fingerprint density at radius 1 is 1.15 bits per heavy atom. The number of nitrogens with one attached hydrogen (secondary N) is 1. The molecule has 0 aromatic heterocycles. The van der Waals surface area contributed by atoms with Crippen molar-refractivity contribution in [2.75, 3.05) is 13.1 Å². The second kappa shape index (κ2) is 4.99. The lowest BCUT2D eigenvalue weighted by Gasteiger charge is -2.40. The summed E-state index contributed by atoms with van der Waals surface area (Å²) in [5.41, 5.74) is 0.720. The molecule has 1 atom stereocenters. The summed E-state index contributed by atoms with van der Waals surface area (Å²) in [5.74, 6) is 0.978. The van der Waals surface area contributed by atoms with E-state index in [1.54, 1.807) is 0 Å². The highest BCUT2D eigenvalue weighted by Gasteiger charge is 2.39. The summed E-state index contributed by atoms with van der Waals surface area (Å²) >= 11 is 0. The van der Waals surface area contributed by atoms with Crippen molar-refractivity contribution in [3.05, 3.63) is 0 Å². The third kappa shape index (κ3) is 2.25. The normalized spacial score (nSPS) is 31.2. The van der Waals surface area contributed by atoms with Crippen LogP contribution in [0.1, 0.15) is 52.9 Å². The Labute approximate surface area is 83.3 Å². The first kappa shape index (κ1) is 11.0. The van der Waals surface area contributed by atoms with E-state index in [1.165, 1.54) is 45.2 Å². The van der Waals surface area contributed by atoms with Gasteiger partial charge < -0.3 is 5.32 Å². The maximum atomic E-state index is 3.55. The van der Waals surface area contributed by atoms with Crippen molar-refractivity contribution < 1.29 is 0 Å². The number of hydrogen-bond acceptors (Lipinski definition) is 1. The van der Waals surface area contributed by atoms with Crippen molar-refractivity contribution in [2.24, 2.45) is 11.3 Å². The smallest absolute Gasteiger partial charge is 0.00104 e. The van der Waals surface area contributed by atoms with Crippen LogP contribution in [0.4, 0.5) is 0 Å². The molecule has 2 rings (SSSR count). The average molecular weight is 183 g/mol. The average Bonchev–Trinajstić information content (AvgIpc) is 2.64. The monoisotopic (exact) mass is 183 g/mol. The maximum Gasteiger partial charge on any atom is 0.00104 e. The van der Waals surface area contributed by atoms with Crippen LogP contribution in [0.25, 0.3) is 0 Å². The fraction of sp³-hybridized carbons (Fsp3) is 1.00. The zero-order valence-electron chi connectivity index (χ0n) is 9.53. The molecule has 1 N–H and O–H groups in total. The summed E-state index contributed by atoms with van der Waals surface area (Å²) in [6, 6.07) is 0. The van der Waals surface area contributed by atoms with Crippen LogP contribution in [0, 0.1) is 11.3 Å². The van der Waals surface area contributed by atoms with Crippen molar-refractivity contribution in [3.63, 3.8) is 0 Å². The second-order valence-electron chi connectivity index (χ2n) is 4.44. The Hall–Kier alpha value is -0.0400. The molecular formula is C12H25N. The zero-order chi connectivity index (χ0) is 9.73. The second-order valence-corrected chi connectivity index (χ2v) is 4.44. The van der Waals surface area contributed by atoms with Crippen LogP contribution in [0.2, 0.25) is 0 Å². The summed E-state index contributed by atoms with van der Waals surface area (Å²) in [6.45, 7) is 9.00. The molecule has 1 heteroatoms. The van der Waals surface area contributed by atoms with E-state index < -0.39 is 0 Å². The molecule has 1 spiro atoms. The molecule has 0 amide bonds. The number of hydrogen-bond donors (Lipinski definition) is 1. The standard InChI is InChI=1S/C10H19N.C2H6/c1-9-4-7-11-8-10(9)5-2-3-6-10;1-2/h9,11H,2-8H2,1H3;1-2H3. The fourth-order valence-corrected chi connectivity index (χ4v) is 2.89. The van der Waals surface area contributed by atoms with Crippen molar-refractivity contribution in [2.45, 2.75) is 52.9 Å². The van der Waals surface area contributed by atoms with Gasteiger partial charge in [0.25, 0.3) is 0 Å². The molecule has 2 aliphatic rings. The van der Waals surface area contributed by atoms with Gasteiger partial charge in [-0.05, 0) is 37.1 Å². The Balaban J connectivity index is 0.000000396. The van der Waals surface area contributed by atoms with E-state index in [2.05, 4.69) is 12.2 Å². The highest BCUT2D eigenvalue weighted by atomic mass is 14.9. The van der Waals surface area contributed by atoms with E-state index in [0.29, 0.717) is 0 Å². The van der Waals surface area contributed by atoms with Crippen molar-refractivity contribution >= 4 is 0 Å². The Morgan fingerprint density at radius 2 is 1.77 bits per heavy atom. The molecule has 1 heterocycles. The highest BCUT2D eigenvalue weighted by molar-refractivity contribution is 4.93. The first-order chi connectivity index (χ1) is 6.33. The quantitative estimate of drug-likeness (QED) is 0.608. The van der Waals surface area contributed by atoms with Gasteiger partial charge in [0.1, 0.15) is 0 Å². The molecular weight excluding hydrogens is 158 g/mol. The van der Waals surface area contributed by atoms with Crippen LogP contribution in [0.5, 0.6) is 0 Å². The van der Waals surface area contributed by atoms with Gasteiger partial charge in [0.05, 0.1) is 0 Å². The van der Waals surface area contributed by atoms with Crippen LogP contribution in [0.15, 0.2) is 0 Å². The molecule has 1 aliphatic carbocycles. The van der Waals surface area contributed by atoms with Crippen LogP contribution in [-0.2, 0) is 0 Å². The minimum absolute atomic E-state index is 0.720. The summed E-state index contributed by atoms with van der Waals surface area (Å²) in [6.07, 6.45) is 7.33. The van der Waals surface area contributed by atoms with Crippen molar-refractivity contribution in [1.29, 1.82) is 0 Å². The molecule has 1 saturated carbocycles. The summed E-state index contributed by atoms with van der Waals surface area (Å²) < 4.78 is 0. The molecule has 0 aromatic rings. The number of piperidine rings is 1. The molecule has 78 valence electrons. The van der Waals surface area contributed by atoms with Crippen molar-refractivity contribution in [1.82, 2.24) is 5.32 Å².